The van der Waals surface area contributed by atoms with Crippen molar-refractivity contribution < 1.29 is 0 Å². The highest BCUT2D eigenvalue weighted by Gasteiger charge is 2.46. The molecule has 56 heavy (non-hydrogen) atoms. The highest BCUT2D eigenvalue weighted by molar-refractivity contribution is 6.12. The second-order valence-corrected chi connectivity index (χ2v) is 15.0. The second kappa shape index (κ2) is 13.3. The molecule has 2 aliphatic rings. The highest BCUT2D eigenvalue weighted by atomic mass is 15.4. The molecule has 1 saturated heterocycles. The standard InChI is InChI=1S/C52H40N4/c1-6-18-35(19-7-1)38-30-31-47-43(32-38)44-33-42-41-28-16-17-29-45(41)52(39-24-12-4-13-25-39,40-26-14-5-15-27-40)46(42)34-48(44)56(47)51-54-49(36-20-8-2-9-21-36)53-50(55-51)37-22-10-3-11-23-37/h1-34,49-51,53-55H. The van der Waals surface area contributed by atoms with Crippen LogP contribution in [-0.4, -0.2) is 4.57 Å². The van der Waals surface area contributed by atoms with Gasteiger partial charge in [0.05, 0.1) is 28.8 Å². The average molecular weight is 721 g/mol. The predicted octanol–water partition coefficient (Wildman–Crippen LogP) is 11.5. The molecule has 1 aromatic heterocycles. The van der Waals surface area contributed by atoms with Gasteiger partial charge in [0.2, 0.25) is 0 Å². The van der Waals surface area contributed by atoms with E-state index in [2.05, 4.69) is 227 Å². The number of hydrogen-bond acceptors (Lipinski definition) is 3. The first kappa shape index (κ1) is 32.8. The molecule has 2 heterocycles. The molecule has 0 amide bonds. The molecule has 0 spiro atoms. The first-order valence-corrected chi connectivity index (χ1v) is 19.5. The molecule has 4 nitrogen and oxygen atoms in total. The largest absolute Gasteiger partial charge is 0.311 e. The van der Waals surface area contributed by atoms with Crippen LogP contribution in [0, 0.1) is 0 Å². The Morgan fingerprint density at radius 1 is 0.375 bits per heavy atom. The zero-order valence-corrected chi connectivity index (χ0v) is 30.8. The van der Waals surface area contributed by atoms with Gasteiger partial charge in [-0.05, 0) is 79.9 Å². The van der Waals surface area contributed by atoms with E-state index in [9.17, 15) is 0 Å². The van der Waals surface area contributed by atoms with Gasteiger partial charge in [-0.2, -0.15) is 0 Å². The van der Waals surface area contributed by atoms with Crippen LogP contribution >= 0.6 is 0 Å². The minimum absolute atomic E-state index is 0.102. The first-order chi connectivity index (χ1) is 27.8. The SMILES string of the molecule is c1ccc(-c2ccc3c(c2)c2cc4c(cc2n3C2NC(c3ccccc3)NC(c3ccccc3)N2)C(c2ccccc2)(c2ccccc2)c2ccccc2-4)cc1. The van der Waals surface area contributed by atoms with Gasteiger partial charge in [-0.25, -0.2) is 0 Å². The fourth-order valence-electron chi connectivity index (χ4n) is 9.52. The van der Waals surface area contributed by atoms with Gasteiger partial charge in [0.25, 0.3) is 0 Å². The molecular weight excluding hydrogens is 681 g/mol. The summed E-state index contributed by atoms with van der Waals surface area (Å²) >= 11 is 0. The van der Waals surface area contributed by atoms with E-state index in [4.69, 9.17) is 0 Å². The molecule has 0 radical (unpaired) electrons. The van der Waals surface area contributed by atoms with E-state index in [0.29, 0.717) is 0 Å². The van der Waals surface area contributed by atoms with Gasteiger partial charge in [0.1, 0.15) is 6.29 Å². The monoisotopic (exact) mass is 720 g/mol. The number of rotatable bonds is 6. The second-order valence-electron chi connectivity index (χ2n) is 15.0. The van der Waals surface area contributed by atoms with Crippen LogP contribution in [0.4, 0.5) is 0 Å². The van der Waals surface area contributed by atoms with Crippen molar-refractivity contribution in [1.29, 1.82) is 0 Å². The molecule has 1 fully saturated rings. The number of nitrogens with one attached hydrogen (secondary N) is 3. The predicted molar refractivity (Wildman–Crippen MR) is 229 cm³/mol. The van der Waals surface area contributed by atoms with Gasteiger partial charge >= 0.3 is 0 Å². The van der Waals surface area contributed by atoms with Crippen LogP contribution in [-0.2, 0) is 5.41 Å². The maximum absolute atomic E-state index is 4.01. The molecule has 0 bridgehead atoms. The van der Waals surface area contributed by atoms with Gasteiger partial charge in [-0.15, -0.1) is 0 Å². The molecule has 3 N–H and O–H groups in total. The zero-order chi connectivity index (χ0) is 37.1. The third-order valence-electron chi connectivity index (χ3n) is 12.0. The van der Waals surface area contributed by atoms with Gasteiger partial charge < -0.3 is 4.57 Å². The zero-order valence-electron chi connectivity index (χ0n) is 30.8. The molecule has 11 rings (SSSR count). The van der Waals surface area contributed by atoms with E-state index >= 15 is 0 Å². The fraction of sp³-hybridized carbons (Fsp3) is 0.0769. The first-order valence-electron chi connectivity index (χ1n) is 19.5. The molecule has 2 atom stereocenters. The van der Waals surface area contributed by atoms with E-state index in [1.807, 2.05) is 0 Å². The Hall–Kier alpha value is -6.56. The van der Waals surface area contributed by atoms with Crippen LogP contribution in [0.2, 0.25) is 0 Å². The number of fused-ring (bicyclic) bond motifs is 6. The summed E-state index contributed by atoms with van der Waals surface area (Å²) < 4.78 is 2.51. The van der Waals surface area contributed by atoms with E-state index in [1.54, 1.807) is 0 Å². The number of hydrogen-bond donors (Lipinski definition) is 3. The van der Waals surface area contributed by atoms with Crippen molar-refractivity contribution in [3.8, 4) is 22.3 Å². The van der Waals surface area contributed by atoms with Crippen molar-refractivity contribution in [2.45, 2.75) is 24.0 Å². The van der Waals surface area contributed by atoms with Crippen LogP contribution in [0.3, 0.4) is 0 Å². The number of aromatic nitrogens is 1. The normalized spacial score (nSPS) is 18.5. The molecule has 268 valence electrons. The molecule has 0 saturated carbocycles. The Kier molecular flexibility index (Phi) is 7.81. The van der Waals surface area contributed by atoms with Gasteiger partial charge in [-0.1, -0.05) is 182 Å². The third kappa shape index (κ3) is 5.11. The quantitative estimate of drug-likeness (QED) is 0.160. The Morgan fingerprint density at radius 3 is 1.50 bits per heavy atom. The minimum Gasteiger partial charge on any atom is -0.311 e. The maximum Gasteiger partial charge on any atom is 0.142 e. The Labute approximate surface area is 327 Å². The average Bonchev–Trinajstić information content (AvgIpc) is 3.76. The Bertz CT molecular complexity index is 2750. The molecule has 8 aromatic carbocycles. The van der Waals surface area contributed by atoms with Gasteiger partial charge in [-0.3, -0.25) is 16.0 Å². The summed E-state index contributed by atoms with van der Waals surface area (Å²) in [5, 5.41) is 14.4. The maximum atomic E-state index is 4.01. The summed E-state index contributed by atoms with van der Waals surface area (Å²) in [5.41, 5.74) is 14.3. The Morgan fingerprint density at radius 2 is 0.893 bits per heavy atom. The van der Waals surface area contributed by atoms with Crippen molar-refractivity contribution in [3.63, 3.8) is 0 Å². The molecule has 1 aliphatic heterocycles. The third-order valence-corrected chi connectivity index (χ3v) is 12.0. The lowest BCUT2D eigenvalue weighted by Crippen LogP contribution is -2.56. The number of benzene rings is 8. The van der Waals surface area contributed by atoms with Crippen LogP contribution in [0.5, 0.6) is 0 Å². The highest BCUT2D eigenvalue weighted by Crippen LogP contribution is 2.57. The van der Waals surface area contributed by atoms with E-state index < -0.39 is 5.41 Å². The Balaban J connectivity index is 1.21. The van der Waals surface area contributed by atoms with Crippen LogP contribution in [0.15, 0.2) is 206 Å². The fourth-order valence-corrected chi connectivity index (χ4v) is 9.52. The molecule has 1 aliphatic carbocycles. The van der Waals surface area contributed by atoms with E-state index in [1.165, 1.54) is 77.4 Å². The van der Waals surface area contributed by atoms with E-state index in [0.717, 1.165) is 0 Å². The van der Waals surface area contributed by atoms with Gasteiger partial charge in [0, 0.05) is 10.8 Å². The topological polar surface area (TPSA) is 41.0 Å². The lowest BCUT2D eigenvalue weighted by Gasteiger charge is -2.40. The van der Waals surface area contributed by atoms with Gasteiger partial charge in [0.15, 0.2) is 0 Å². The lowest BCUT2D eigenvalue weighted by atomic mass is 9.67. The molecule has 4 heteroatoms. The smallest absolute Gasteiger partial charge is 0.142 e. The van der Waals surface area contributed by atoms with E-state index in [-0.39, 0.29) is 18.6 Å². The van der Waals surface area contributed by atoms with Crippen molar-refractivity contribution in [1.82, 2.24) is 20.5 Å². The minimum atomic E-state index is -0.507. The summed E-state index contributed by atoms with van der Waals surface area (Å²) in [6.45, 7) is 0. The molecular formula is C52H40N4. The molecule has 2 unspecified atom stereocenters. The van der Waals surface area contributed by atoms with Crippen molar-refractivity contribution in [3.05, 3.63) is 240 Å². The van der Waals surface area contributed by atoms with Crippen molar-refractivity contribution in [2.75, 3.05) is 0 Å². The molecule has 9 aromatic rings. The number of nitrogens with zero attached hydrogens (tertiary/aromatic N) is 1. The van der Waals surface area contributed by atoms with Crippen LogP contribution in [0.25, 0.3) is 44.1 Å². The summed E-state index contributed by atoms with van der Waals surface area (Å²) in [4.78, 5) is 0. The van der Waals surface area contributed by atoms with Crippen LogP contribution in [0.1, 0.15) is 52.0 Å². The van der Waals surface area contributed by atoms with Crippen molar-refractivity contribution >= 4 is 21.8 Å². The van der Waals surface area contributed by atoms with Crippen LogP contribution < -0.4 is 16.0 Å². The lowest BCUT2D eigenvalue weighted by molar-refractivity contribution is 0.161. The summed E-state index contributed by atoms with van der Waals surface area (Å²) in [5.74, 6) is 0. The van der Waals surface area contributed by atoms with Crippen molar-refractivity contribution in [2.24, 2.45) is 0 Å². The summed E-state index contributed by atoms with van der Waals surface area (Å²) in [7, 11) is 0. The summed E-state index contributed by atoms with van der Waals surface area (Å²) in [6, 6.07) is 75.3. The summed E-state index contributed by atoms with van der Waals surface area (Å²) in [6.07, 6.45) is -0.454.